The smallest absolute Gasteiger partial charge is 0.124 e. The lowest BCUT2D eigenvalue weighted by Gasteiger charge is -2.00. The van der Waals surface area contributed by atoms with Crippen molar-refractivity contribution in [1.82, 2.24) is 4.98 Å². The standard InChI is InChI=1S/C14H18N2OS2/c1-3-18-11-6-4-10(5-7-11)14-16-12(9-17-2)13(8-15)19-14/h4-7H,3,8-9,15H2,1-2H3. The van der Waals surface area contributed by atoms with Gasteiger partial charge in [-0.25, -0.2) is 4.98 Å². The van der Waals surface area contributed by atoms with Gasteiger partial charge in [-0.1, -0.05) is 19.1 Å². The average molecular weight is 294 g/mol. The monoisotopic (exact) mass is 294 g/mol. The second-order valence-electron chi connectivity index (χ2n) is 3.98. The van der Waals surface area contributed by atoms with Crippen LogP contribution in [0.1, 0.15) is 17.5 Å². The second-order valence-corrected chi connectivity index (χ2v) is 6.40. The molecule has 0 amide bonds. The number of nitrogens with two attached hydrogens (primary N) is 1. The Balaban J connectivity index is 2.25. The number of hydrogen-bond donors (Lipinski definition) is 1. The summed E-state index contributed by atoms with van der Waals surface area (Å²) in [6.07, 6.45) is 0. The van der Waals surface area contributed by atoms with E-state index in [1.165, 1.54) is 4.90 Å². The Morgan fingerprint density at radius 1 is 1.32 bits per heavy atom. The maximum atomic E-state index is 5.75. The van der Waals surface area contributed by atoms with Gasteiger partial charge in [-0.2, -0.15) is 0 Å². The number of nitrogens with zero attached hydrogens (tertiary/aromatic N) is 1. The summed E-state index contributed by atoms with van der Waals surface area (Å²) in [4.78, 5) is 7.01. The minimum absolute atomic E-state index is 0.514. The molecule has 0 bridgehead atoms. The first-order chi connectivity index (χ1) is 9.28. The number of thiazole rings is 1. The van der Waals surface area contributed by atoms with Crippen molar-refractivity contribution in [2.75, 3.05) is 12.9 Å². The fourth-order valence-electron chi connectivity index (χ4n) is 1.78. The molecule has 102 valence electrons. The van der Waals surface area contributed by atoms with Crippen molar-refractivity contribution in [3.63, 3.8) is 0 Å². The minimum atomic E-state index is 0.514. The van der Waals surface area contributed by atoms with Crippen LogP contribution in [-0.4, -0.2) is 17.8 Å². The Kier molecular flexibility index (Phi) is 5.39. The van der Waals surface area contributed by atoms with Crippen LogP contribution in [0.2, 0.25) is 0 Å². The van der Waals surface area contributed by atoms with Gasteiger partial charge >= 0.3 is 0 Å². The van der Waals surface area contributed by atoms with Gasteiger partial charge < -0.3 is 10.5 Å². The molecule has 5 heteroatoms. The molecule has 1 aromatic carbocycles. The Hall–Kier alpha value is -0.880. The molecule has 0 aliphatic heterocycles. The van der Waals surface area contributed by atoms with E-state index in [1.54, 1.807) is 18.4 Å². The van der Waals surface area contributed by atoms with E-state index in [0.29, 0.717) is 13.2 Å². The van der Waals surface area contributed by atoms with Crippen LogP contribution in [0.5, 0.6) is 0 Å². The zero-order chi connectivity index (χ0) is 13.7. The maximum Gasteiger partial charge on any atom is 0.124 e. The fraction of sp³-hybridized carbons (Fsp3) is 0.357. The van der Waals surface area contributed by atoms with Crippen molar-refractivity contribution in [2.24, 2.45) is 5.73 Å². The second kappa shape index (κ2) is 7.05. The van der Waals surface area contributed by atoms with Gasteiger partial charge in [-0.05, 0) is 17.9 Å². The summed E-state index contributed by atoms with van der Waals surface area (Å²) >= 11 is 3.49. The van der Waals surface area contributed by atoms with E-state index in [0.717, 1.165) is 26.9 Å². The molecule has 0 saturated heterocycles. The predicted molar refractivity (Wildman–Crippen MR) is 82.6 cm³/mol. The SMILES string of the molecule is CCSc1ccc(-c2nc(COC)c(CN)s2)cc1. The van der Waals surface area contributed by atoms with Gasteiger partial charge in [0.2, 0.25) is 0 Å². The van der Waals surface area contributed by atoms with Gasteiger partial charge in [-0.15, -0.1) is 23.1 Å². The summed E-state index contributed by atoms with van der Waals surface area (Å²) < 4.78 is 5.16. The molecule has 0 spiro atoms. The van der Waals surface area contributed by atoms with Crippen LogP contribution in [0.25, 0.3) is 10.6 Å². The molecule has 2 rings (SSSR count). The van der Waals surface area contributed by atoms with Crippen LogP contribution < -0.4 is 5.73 Å². The van der Waals surface area contributed by atoms with Crippen molar-refractivity contribution in [3.8, 4) is 10.6 Å². The molecular formula is C14H18N2OS2. The highest BCUT2D eigenvalue weighted by Gasteiger charge is 2.11. The van der Waals surface area contributed by atoms with E-state index in [1.807, 2.05) is 11.8 Å². The number of aromatic nitrogens is 1. The topological polar surface area (TPSA) is 48.1 Å². The largest absolute Gasteiger partial charge is 0.378 e. The lowest BCUT2D eigenvalue weighted by molar-refractivity contribution is 0.181. The van der Waals surface area contributed by atoms with E-state index in [-0.39, 0.29) is 0 Å². The normalized spacial score (nSPS) is 10.9. The summed E-state index contributed by atoms with van der Waals surface area (Å²) in [7, 11) is 1.68. The zero-order valence-corrected chi connectivity index (χ0v) is 12.8. The molecule has 0 unspecified atom stereocenters. The molecule has 1 aromatic heterocycles. The quantitative estimate of drug-likeness (QED) is 0.828. The first-order valence-corrected chi connectivity index (χ1v) is 7.99. The first-order valence-electron chi connectivity index (χ1n) is 6.19. The Bertz CT molecular complexity index is 523. The molecule has 19 heavy (non-hydrogen) atoms. The van der Waals surface area contributed by atoms with Crippen molar-refractivity contribution < 1.29 is 4.74 Å². The summed E-state index contributed by atoms with van der Waals surface area (Å²) in [5.41, 5.74) is 7.84. The highest BCUT2D eigenvalue weighted by Crippen LogP contribution is 2.30. The van der Waals surface area contributed by atoms with Crippen molar-refractivity contribution in [2.45, 2.75) is 25.0 Å². The zero-order valence-electron chi connectivity index (χ0n) is 11.2. The van der Waals surface area contributed by atoms with E-state index in [4.69, 9.17) is 10.5 Å². The summed E-state index contributed by atoms with van der Waals surface area (Å²) in [5, 5.41) is 1.01. The van der Waals surface area contributed by atoms with Gasteiger partial charge in [0.1, 0.15) is 5.01 Å². The Morgan fingerprint density at radius 2 is 2.05 bits per heavy atom. The van der Waals surface area contributed by atoms with Gasteiger partial charge in [-0.3, -0.25) is 0 Å². The van der Waals surface area contributed by atoms with E-state index >= 15 is 0 Å². The van der Waals surface area contributed by atoms with Crippen molar-refractivity contribution >= 4 is 23.1 Å². The van der Waals surface area contributed by atoms with Gasteiger partial charge in [0.05, 0.1) is 12.3 Å². The van der Waals surface area contributed by atoms with E-state index in [9.17, 15) is 0 Å². The summed E-state index contributed by atoms with van der Waals surface area (Å²) in [5.74, 6) is 1.09. The van der Waals surface area contributed by atoms with Gasteiger partial charge in [0, 0.05) is 29.0 Å². The molecular weight excluding hydrogens is 276 g/mol. The van der Waals surface area contributed by atoms with E-state index < -0.39 is 0 Å². The van der Waals surface area contributed by atoms with Crippen molar-refractivity contribution in [3.05, 3.63) is 34.8 Å². The van der Waals surface area contributed by atoms with Crippen LogP contribution in [-0.2, 0) is 17.9 Å². The third kappa shape index (κ3) is 3.57. The molecule has 2 N–H and O–H groups in total. The number of rotatable bonds is 6. The number of methoxy groups -OCH3 is 1. The molecule has 0 aliphatic rings. The minimum Gasteiger partial charge on any atom is -0.378 e. The molecule has 0 aliphatic carbocycles. The number of thioether (sulfide) groups is 1. The van der Waals surface area contributed by atoms with Crippen LogP contribution in [0.3, 0.4) is 0 Å². The molecule has 0 atom stereocenters. The van der Waals surface area contributed by atoms with Gasteiger partial charge in [0.25, 0.3) is 0 Å². The predicted octanol–water partition coefficient (Wildman–Crippen LogP) is 3.53. The Labute approximate surface area is 122 Å². The Morgan fingerprint density at radius 3 is 2.63 bits per heavy atom. The number of ether oxygens (including phenoxy) is 1. The molecule has 0 saturated carbocycles. The van der Waals surface area contributed by atoms with Crippen molar-refractivity contribution in [1.29, 1.82) is 0 Å². The van der Waals surface area contributed by atoms with Crippen LogP contribution >= 0.6 is 23.1 Å². The van der Waals surface area contributed by atoms with Gasteiger partial charge in [0.15, 0.2) is 0 Å². The molecule has 0 fully saturated rings. The van der Waals surface area contributed by atoms with Crippen LogP contribution in [0, 0.1) is 0 Å². The summed E-state index contributed by atoms with van der Waals surface area (Å²) in [6.45, 7) is 3.19. The highest BCUT2D eigenvalue weighted by atomic mass is 32.2. The average Bonchev–Trinajstić information content (AvgIpc) is 2.84. The van der Waals surface area contributed by atoms with Crippen LogP contribution in [0.4, 0.5) is 0 Å². The molecule has 2 aromatic rings. The molecule has 1 heterocycles. The highest BCUT2D eigenvalue weighted by molar-refractivity contribution is 7.99. The number of benzene rings is 1. The lowest BCUT2D eigenvalue weighted by Crippen LogP contribution is -1.99. The van der Waals surface area contributed by atoms with Crippen LogP contribution in [0.15, 0.2) is 29.2 Å². The third-order valence-electron chi connectivity index (χ3n) is 2.66. The third-order valence-corrected chi connectivity index (χ3v) is 4.72. The van der Waals surface area contributed by atoms with E-state index in [2.05, 4.69) is 36.2 Å². The lowest BCUT2D eigenvalue weighted by atomic mass is 10.2. The molecule has 0 radical (unpaired) electrons. The number of hydrogen-bond acceptors (Lipinski definition) is 5. The summed E-state index contributed by atoms with van der Waals surface area (Å²) in [6, 6.07) is 8.52. The maximum absolute atomic E-state index is 5.75. The fourth-order valence-corrected chi connectivity index (χ4v) is 3.39. The molecule has 3 nitrogen and oxygen atoms in total. The first kappa shape index (κ1) is 14.5.